The van der Waals surface area contributed by atoms with Crippen molar-refractivity contribution in [2.75, 3.05) is 44.2 Å². The number of hydrogen-bond acceptors (Lipinski definition) is 3. The van der Waals surface area contributed by atoms with E-state index in [2.05, 4.69) is 4.90 Å². The van der Waals surface area contributed by atoms with Crippen LogP contribution >= 0.6 is 0 Å². The van der Waals surface area contributed by atoms with Gasteiger partial charge in [0.2, 0.25) is 0 Å². The zero-order valence-electron chi connectivity index (χ0n) is 12.1. The van der Waals surface area contributed by atoms with Crippen LogP contribution in [-0.4, -0.2) is 50.3 Å². The molecule has 0 spiro atoms. The molecule has 0 radical (unpaired) electrons. The minimum absolute atomic E-state index is 0.254. The average Bonchev–Trinajstić information content (AvgIpc) is 2.39. The summed E-state index contributed by atoms with van der Waals surface area (Å²) in [6, 6.07) is 3.77. The molecule has 20 heavy (non-hydrogen) atoms. The quantitative estimate of drug-likeness (QED) is 0.826. The van der Waals surface area contributed by atoms with Crippen LogP contribution in [0.2, 0.25) is 0 Å². The molecular weight excluding hydrogens is 262 g/mol. The number of ether oxygens (including phenoxy) is 1. The maximum Gasteiger partial charge on any atom is 0.149 e. The molecular formula is C15H22F2N2O. The van der Waals surface area contributed by atoms with Gasteiger partial charge < -0.3 is 9.64 Å². The lowest BCUT2D eigenvalue weighted by Crippen LogP contribution is -2.47. The first-order chi connectivity index (χ1) is 9.56. The first-order valence-corrected chi connectivity index (χ1v) is 7.10. The molecule has 1 fully saturated rings. The Morgan fingerprint density at radius 1 is 1.15 bits per heavy atom. The number of benzene rings is 1. The van der Waals surface area contributed by atoms with E-state index < -0.39 is 11.6 Å². The Kier molecular flexibility index (Phi) is 5.31. The van der Waals surface area contributed by atoms with Gasteiger partial charge in [0.1, 0.15) is 11.6 Å². The van der Waals surface area contributed by atoms with Gasteiger partial charge >= 0.3 is 0 Å². The molecule has 1 aliphatic heterocycles. The Morgan fingerprint density at radius 3 is 2.45 bits per heavy atom. The Bertz CT molecular complexity index is 432. The topological polar surface area (TPSA) is 15.7 Å². The molecule has 0 N–H and O–H groups in total. The molecule has 2 rings (SSSR count). The molecule has 0 aromatic heterocycles. The second-order valence-electron chi connectivity index (χ2n) is 5.34. The van der Waals surface area contributed by atoms with Crippen molar-refractivity contribution in [2.45, 2.75) is 20.0 Å². The molecule has 1 aliphatic rings. The van der Waals surface area contributed by atoms with Crippen LogP contribution in [0.3, 0.4) is 0 Å². The van der Waals surface area contributed by atoms with Crippen LogP contribution in [0, 0.1) is 11.6 Å². The normalized spacial score (nSPS) is 16.9. The van der Waals surface area contributed by atoms with E-state index in [1.165, 1.54) is 12.1 Å². The fourth-order valence-corrected chi connectivity index (χ4v) is 2.37. The summed E-state index contributed by atoms with van der Waals surface area (Å²) >= 11 is 0. The lowest BCUT2D eigenvalue weighted by atomic mass is 10.2. The molecule has 1 saturated heterocycles. The fraction of sp³-hybridized carbons (Fsp3) is 0.600. The van der Waals surface area contributed by atoms with E-state index in [0.717, 1.165) is 45.4 Å². The van der Waals surface area contributed by atoms with Crippen LogP contribution in [0.25, 0.3) is 0 Å². The number of anilines is 1. The molecule has 1 heterocycles. The average molecular weight is 284 g/mol. The fourth-order valence-electron chi connectivity index (χ4n) is 2.37. The van der Waals surface area contributed by atoms with Crippen molar-refractivity contribution in [3.63, 3.8) is 0 Å². The van der Waals surface area contributed by atoms with Gasteiger partial charge in [-0.15, -0.1) is 0 Å². The third-order valence-electron chi connectivity index (χ3n) is 3.48. The summed E-state index contributed by atoms with van der Waals surface area (Å²) < 4.78 is 32.1. The number of piperazine rings is 1. The van der Waals surface area contributed by atoms with Crippen LogP contribution in [0.5, 0.6) is 0 Å². The third-order valence-corrected chi connectivity index (χ3v) is 3.48. The number of nitrogens with zero attached hydrogens (tertiary/aromatic N) is 2. The zero-order valence-corrected chi connectivity index (χ0v) is 12.1. The summed E-state index contributed by atoms with van der Waals surface area (Å²) in [5.41, 5.74) is 0.490. The third kappa shape index (κ3) is 4.15. The summed E-state index contributed by atoms with van der Waals surface area (Å²) in [5.74, 6) is -1.02. The lowest BCUT2D eigenvalue weighted by Gasteiger charge is -2.36. The van der Waals surface area contributed by atoms with Gasteiger partial charge in [-0.3, -0.25) is 4.90 Å². The van der Waals surface area contributed by atoms with E-state index in [1.807, 2.05) is 18.7 Å². The molecule has 0 amide bonds. The molecule has 0 bridgehead atoms. The summed E-state index contributed by atoms with van der Waals surface area (Å²) in [6.45, 7) is 8.93. The molecule has 1 aromatic rings. The van der Waals surface area contributed by atoms with Crippen molar-refractivity contribution >= 4 is 5.69 Å². The predicted molar refractivity (Wildman–Crippen MR) is 76.1 cm³/mol. The zero-order chi connectivity index (χ0) is 14.5. The van der Waals surface area contributed by atoms with Crippen LogP contribution in [0.1, 0.15) is 13.8 Å². The summed E-state index contributed by atoms with van der Waals surface area (Å²) in [7, 11) is 0. The first-order valence-electron chi connectivity index (χ1n) is 7.10. The molecule has 5 heteroatoms. The molecule has 112 valence electrons. The number of rotatable bonds is 5. The lowest BCUT2D eigenvalue weighted by molar-refractivity contribution is 0.0578. The van der Waals surface area contributed by atoms with E-state index >= 15 is 0 Å². The van der Waals surface area contributed by atoms with Crippen LogP contribution in [0.15, 0.2) is 18.2 Å². The second kappa shape index (κ2) is 6.99. The largest absolute Gasteiger partial charge is 0.377 e. The maximum atomic E-state index is 13.7. The van der Waals surface area contributed by atoms with Crippen molar-refractivity contribution in [3.05, 3.63) is 29.8 Å². The van der Waals surface area contributed by atoms with Gasteiger partial charge in [0, 0.05) is 38.8 Å². The predicted octanol–water partition coefficient (Wildman–Crippen LogP) is 2.51. The number of halogens is 2. The Labute approximate surface area is 119 Å². The van der Waals surface area contributed by atoms with Gasteiger partial charge in [-0.05, 0) is 26.0 Å². The van der Waals surface area contributed by atoms with Crippen molar-refractivity contribution in [2.24, 2.45) is 0 Å². The van der Waals surface area contributed by atoms with Crippen LogP contribution < -0.4 is 4.90 Å². The van der Waals surface area contributed by atoms with E-state index in [4.69, 9.17) is 4.74 Å². The highest BCUT2D eigenvalue weighted by atomic mass is 19.1. The van der Waals surface area contributed by atoms with E-state index in [9.17, 15) is 8.78 Å². The Hall–Kier alpha value is -1.20. The summed E-state index contributed by atoms with van der Waals surface area (Å²) in [5, 5.41) is 0. The van der Waals surface area contributed by atoms with E-state index in [1.54, 1.807) is 0 Å². The van der Waals surface area contributed by atoms with Gasteiger partial charge in [-0.2, -0.15) is 0 Å². The van der Waals surface area contributed by atoms with E-state index in [0.29, 0.717) is 5.69 Å². The highest BCUT2D eigenvalue weighted by molar-refractivity contribution is 5.48. The highest BCUT2D eigenvalue weighted by Crippen LogP contribution is 2.21. The summed E-state index contributed by atoms with van der Waals surface area (Å²) in [4.78, 5) is 4.27. The SMILES string of the molecule is CC(C)OCCN1CCN(c2ccc(F)cc2F)CC1. The van der Waals surface area contributed by atoms with Gasteiger partial charge in [0.25, 0.3) is 0 Å². The monoisotopic (exact) mass is 284 g/mol. The maximum absolute atomic E-state index is 13.7. The number of hydrogen-bond donors (Lipinski definition) is 0. The van der Waals surface area contributed by atoms with Crippen molar-refractivity contribution in [3.8, 4) is 0 Å². The molecule has 0 unspecified atom stereocenters. The molecule has 0 aliphatic carbocycles. The Morgan fingerprint density at radius 2 is 1.85 bits per heavy atom. The minimum atomic E-state index is -0.532. The van der Waals surface area contributed by atoms with Gasteiger partial charge in [0.05, 0.1) is 18.4 Å². The van der Waals surface area contributed by atoms with Crippen LogP contribution in [0.4, 0.5) is 14.5 Å². The highest BCUT2D eigenvalue weighted by Gasteiger charge is 2.19. The molecule has 3 nitrogen and oxygen atoms in total. The standard InChI is InChI=1S/C15H22F2N2O/c1-12(2)20-10-9-18-5-7-19(8-6-18)15-4-3-13(16)11-14(15)17/h3-4,11-12H,5-10H2,1-2H3. The van der Waals surface area contributed by atoms with Crippen molar-refractivity contribution < 1.29 is 13.5 Å². The summed E-state index contributed by atoms with van der Waals surface area (Å²) in [6.07, 6.45) is 0.254. The van der Waals surface area contributed by atoms with Gasteiger partial charge in [-0.1, -0.05) is 0 Å². The van der Waals surface area contributed by atoms with Gasteiger partial charge in [0.15, 0.2) is 0 Å². The Balaban J connectivity index is 1.82. The first kappa shape index (κ1) is 15.2. The van der Waals surface area contributed by atoms with Crippen molar-refractivity contribution in [1.82, 2.24) is 4.90 Å². The molecule has 1 aromatic carbocycles. The van der Waals surface area contributed by atoms with E-state index in [-0.39, 0.29) is 6.10 Å². The van der Waals surface area contributed by atoms with Gasteiger partial charge in [-0.25, -0.2) is 8.78 Å². The molecule has 0 atom stereocenters. The smallest absolute Gasteiger partial charge is 0.149 e. The van der Waals surface area contributed by atoms with Crippen molar-refractivity contribution in [1.29, 1.82) is 0 Å². The minimum Gasteiger partial charge on any atom is -0.377 e. The molecule has 0 saturated carbocycles. The van der Waals surface area contributed by atoms with Crippen LogP contribution in [-0.2, 0) is 4.74 Å². The second-order valence-corrected chi connectivity index (χ2v) is 5.34.